The van der Waals surface area contributed by atoms with Gasteiger partial charge in [0, 0.05) is 5.56 Å². The molecule has 0 unspecified atom stereocenters. The van der Waals surface area contributed by atoms with Crippen LogP contribution in [0.3, 0.4) is 0 Å². The molecule has 124 valence electrons. The number of alkyl halides is 6. The zero-order valence-electron chi connectivity index (χ0n) is 11.5. The van der Waals surface area contributed by atoms with Crippen molar-refractivity contribution in [1.82, 2.24) is 9.97 Å². The van der Waals surface area contributed by atoms with E-state index in [9.17, 15) is 26.3 Å². The molecule has 1 aromatic heterocycles. The van der Waals surface area contributed by atoms with Gasteiger partial charge in [-0.15, -0.1) is 0 Å². The summed E-state index contributed by atoms with van der Waals surface area (Å²) < 4.78 is 81.6. The zero-order valence-corrected chi connectivity index (χ0v) is 11.5. The number of hydrogen-bond acceptors (Lipinski definition) is 4. The van der Waals surface area contributed by atoms with Crippen LogP contribution in [0.4, 0.5) is 32.3 Å². The molecule has 1 aromatic carbocycles. The quantitative estimate of drug-likeness (QED) is 0.848. The minimum absolute atomic E-state index is 0.197. The van der Waals surface area contributed by atoms with Crippen molar-refractivity contribution in [1.29, 1.82) is 0 Å². The van der Waals surface area contributed by atoms with Gasteiger partial charge in [-0.3, -0.25) is 0 Å². The fourth-order valence-corrected chi connectivity index (χ4v) is 1.85. The number of hydrogen-bond donors (Lipinski definition) is 1. The van der Waals surface area contributed by atoms with Gasteiger partial charge in [0.15, 0.2) is 5.69 Å². The molecule has 0 aliphatic heterocycles. The van der Waals surface area contributed by atoms with Gasteiger partial charge in [-0.25, -0.2) is 9.97 Å². The first-order chi connectivity index (χ1) is 10.5. The molecule has 0 aliphatic carbocycles. The fraction of sp³-hybridized carbons (Fsp3) is 0.231. The van der Waals surface area contributed by atoms with Crippen molar-refractivity contribution in [3.8, 4) is 17.0 Å². The van der Waals surface area contributed by atoms with E-state index in [1.807, 2.05) is 0 Å². The van der Waals surface area contributed by atoms with Gasteiger partial charge in [0.25, 0.3) is 0 Å². The molecule has 0 amide bonds. The maximum atomic E-state index is 13.0. The van der Waals surface area contributed by atoms with Crippen molar-refractivity contribution in [3.05, 3.63) is 35.5 Å². The third-order valence-corrected chi connectivity index (χ3v) is 2.83. The van der Waals surface area contributed by atoms with Crippen LogP contribution in [0.1, 0.15) is 11.3 Å². The molecule has 0 spiro atoms. The Balaban J connectivity index is 2.61. The van der Waals surface area contributed by atoms with Gasteiger partial charge >= 0.3 is 12.4 Å². The highest BCUT2D eigenvalue weighted by Crippen LogP contribution is 2.39. The molecule has 4 nitrogen and oxygen atoms in total. The molecule has 2 rings (SSSR count). The number of ether oxygens (including phenoxy) is 1. The molecule has 2 N–H and O–H groups in total. The summed E-state index contributed by atoms with van der Waals surface area (Å²) in [6, 6.07) is 3.30. The van der Waals surface area contributed by atoms with Crippen LogP contribution in [0.15, 0.2) is 24.3 Å². The van der Waals surface area contributed by atoms with Crippen LogP contribution in [0.5, 0.6) is 5.75 Å². The Morgan fingerprint density at radius 2 is 1.61 bits per heavy atom. The summed E-state index contributed by atoms with van der Waals surface area (Å²) in [5, 5.41) is 0. The van der Waals surface area contributed by atoms with Crippen LogP contribution in [-0.4, -0.2) is 17.1 Å². The average molecular weight is 337 g/mol. The Kier molecular flexibility index (Phi) is 4.10. The largest absolute Gasteiger partial charge is 0.496 e. The summed E-state index contributed by atoms with van der Waals surface area (Å²) in [6.07, 6.45) is -9.54. The number of nitrogen functional groups attached to an aromatic ring is 1. The first-order valence-electron chi connectivity index (χ1n) is 5.99. The first kappa shape index (κ1) is 16.8. The average Bonchev–Trinajstić information content (AvgIpc) is 2.44. The molecule has 0 radical (unpaired) electrons. The second-order valence-electron chi connectivity index (χ2n) is 4.41. The van der Waals surface area contributed by atoms with Gasteiger partial charge in [-0.1, -0.05) is 0 Å². The number of rotatable bonds is 2. The van der Waals surface area contributed by atoms with Crippen molar-refractivity contribution in [2.75, 3.05) is 12.8 Å². The predicted molar refractivity (Wildman–Crippen MR) is 68.4 cm³/mol. The molecule has 0 aliphatic rings. The summed E-state index contributed by atoms with van der Waals surface area (Å²) in [4.78, 5) is 6.59. The van der Waals surface area contributed by atoms with Crippen LogP contribution < -0.4 is 10.5 Å². The van der Waals surface area contributed by atoms with Gasteiger partial charge in [0.1, 0.15) is 5.75 Å². The number of benzene rings is 1. The summed E-state index contributed by atoms with van der Waals surface area (Å²) in [7, 11) is 1.05. The highest BCUT2D eigenvalue weighted by molar-refractivity contribution is 5.64. The number of methoxy groups -OCH3 is 1. The minimum atomic E-state index is -4.80. The first-order valence-corrected chi connectivity index (χ1v) is 5.99. The van der Waals surface area contributed by atoms with Gasteiger partial charge in [0.05, 0.1) is 18.4 Å². The van der Waals surface area contributed by atoms with Crippen molar-refractivity contribution < 1.29 is 31.1 Å². The van der Waals surface area contributed by atoms with Crippen molar-refractivity contribution in [2.45, 2.75) is 12.4 Å². The number of nitrogens with zero attached hydrogens (tertiary/aromatic N) is 2. The van der Waals surface area contributed by atoms with E-state index in [1.54, 1.807) is 0 Å². The third kappa shape index (κ3) is 3.63. The minimum Gasteiger partial charge on any atom is -0.496 e. The smallest absolute Gasteiger partial charge is 0.433 e. The Hall–Kier alpha value is -2.52. The standard InChI is InChI=1S/C13H9F6N3O/c1-23-9-3-2-6(4-7(9)12(14,15)16)8-5-10(13(17,18)19)22-11(20)21-8/h2-5H,1H3,(H2,20,21,22). The number of anilines is 1. The molecule has 1 heterocycles. The van der Waals surface area contributed by atoms with E-state index in [0.717, 1.165) is 19.2 Å². The Bertz CT molecular complexity index is 727. The van der Waals surface area contributed by atoms with E-state index < -0.39 is 35.3 Å². The Labute approximate surface area is 125 Å². The molecule has 23 heavy (non-hydrogen) atoms. The molecule has 0 fully saturated rings. The van der Waals surface area contributed by atoms with E-state index in [4.69, 9.17) is 5.73 Å². The maximum absolute atomic E-state index is 13.0. The normalized spacial score (nSPS) is 12.3. The molecule has 0 atom stereocenters. The Morgan fingerprint density at radius 1 is 0.957 bits per heavy atom. The summed E-state index contributed by atoms with van der Waals surface area (Å²) >= 11 is 0. The SMILES string of the molecule is COc1ccc(-c2cc(C(F)(F)F)nc(N)n2)cc1C(F)(F)F. The second kappa shape index (κ2) is 5.60. The van der Waals surface area contributed by atoms with Crippen LogP contribution in [0.2, 0.25) is 0 Å². The Morgan fingerprint density at radius 3 is 2.13 bits per heavy atom. The highest BCUT2D eigenvalue weighted by Gasteiger charge is 2.36. The van der Waals surface area contributed by atoms with E-state index in [-0.39, 0.29) is 11.3 Å². The molecule has 2 aromatic rings. The van der Waals surface area contributed by atoms with E-state index in [0.29, 0.717) is 12.1 Å². The molecule has 10 heteroatoms. The maximum Gasteiger partial charge on any atom is 0.433 e. The number of aromatic nitrogens is 2. The summed E-state index contributed by atoms with van der Waals surface area (Å²) in [5.41, 5.74) is 2.15. The van der Waals surface area contributed by atoms with E-state index in [1.165, 1.54) is 0 Å². The van der Waals surface area contributed by atoms with Crippen molar-refractivity contribution >= 4 is 5.95 Å². The lowest BCUT2D eigenvalue weighted by atomic mass is 10.1. The van der Waals surface area contributed by atoms with Crippen LogP contribution in [0, 0.1) is 0 Å². The number of halogens is 6. The highest BCUT2D eigenvalue weighted by atomic mass is 19.4. The zero-order chi connectivity index (χ0) is 17.4. The second-order valence-corrected chi connectivity index (χ2v) is 4.41. The molecule has 0 saturated heterocycles. The topological polar surface area (TPSA) is 61.0 Å². The van der Waals surface area contributed by atoms with Crippen LogP contribution in [-0.2, 0) is 12.4 Å². The van der Waals surface area contributed by atoms with Crippen LogP contribution in [0.25, 0.3) is 11.3 Å². The molecular formula is C13H9F6N3O. The summed E-state index contributed by atoms with van der Waals surface area (Å²) in [5.74, 6) is -1.15. The van der Waals surface area contributed by atoms with Crippen molar-refractivity contribution in [3.63, 3.8) is 0 Å². The third-order valence-electron chi connectivity index (χ3n) is 2.83. The molecule has 0 bridgehead atoms. The fourth-order valence-electron chi connectivity index (χ4n) is 1.85. The van der Waals surface area contributed by atoms with Crippen LogP contribution >= 0.6 is 0 Å². The lowest BCUT2D eigenvalue weighted by Gasteiger charge is -2.14. The lowest BCUT2D eigenvalue weighted by molar-refractivity contribution is -0.141. The predicted octanol–water partition coefficient (Wildman–Crippen LogP) is 3.77. The number of nitrogens with two attached hydrogens (primary N) is 1. The monoisotopic (exact) mass is 337 g/mol. The molecular weight excluding hydrogens is 328 g/mol. The van der Waals surface area contributed by atoms with Gasteiger partial charge < -0.3 is 10.5 Å². The lowest BCUT2D eigenvalue weighted by Crippen LogP contribution is -2.11. The van der Waals surface area contributed by atoms with Gasteiger partial charge in [0.2, 0.25) is 5.95 Å². The summed E-state index contributed by atoms with van der Waals surface area (Å²) in [6.45, 7) is 0. The van der Waals surface area contributed by atoms with Crippen molar-refractivity contribution in [2.24, 2.45) is 0 Å². The van der Waals surface area contributed by atoms with Gasteiger partial charge in [-0.05, 0) is 24.3 Å². The molecule has 0 saturated carbocycles. The van der Waals surface area contributed by atoms with E-state index >= 15 is 0 Å². The van der Waals surface area contributed by atoms with E-state index in [2.05, 4.69) is 14.7 Å². The van der Waals surface area contributed by atoms with Gasteiger partial charge in [-0.2, -0.15) is 26.3 Å².